The second-order valence-corrected chi connectivity index (χ2v) is 5.27. The van der Waals surface area contributed by atoms with Gasteiger partial charge in [0.15, 0.2) is 0 Å². The van der Waals surface area contributed by atoms with E-state index in [0.29, 0.717) is 32.2 Å². The molecule has 1 aliphatic rings. The predicted molar refractivity (Wildman–Crippen MR) is 88.8 cm³/mol. The van der Waals surface area contributed by atoms with Crippen LogP contribution in [0.1, 0.15) is 0 Å². The van der Waals surface area contributed by atoms with E-state index in [0.717, 1.165) is 22.6 Å². The number of morpholine rings is 1. The molecule has 0 amide bonds. The first-order valence-corrected chi connectivity index (χ1v) is 7.67. The minimum absolute atomic E-state index is 0.363. The zero-order valence-corrected chi connectivity index (χ0v) is 13.7. The maximum absolute atomic E-state index is 11.5. The highest BCUT2D eigenvalue weighted by molar-refractivity contribution is 5.84. The highest BCUT2D eigenvalue weighted by Crippen LogP contribution is 2.40. The van der Waals surface area contributed by atoms with E-state index in [1.165, 1.54) is 7.11 Å². The fraction of sp³-hybridized carbons (Fsp3) is 0.353. The summed E-state index contributed by atoms with van der Waals surface area (Å²) < 4.78 is 20.6. The van der Waals surface area contributed by atoms with Crippen LogP contribution in [0.4, 0.5) is 10.5 Å². The molecule has 0 bridgehead atoms. The number of ether oxygens (including phenoxy) is 4. The van der Waals surface area contributed by atoms with Gasteiger partial charge in [0.05, 0.1) is 27.4 Å². The molecule has 2 heterocycles. The monoisotopic (exact) mass is 332 g/mol. The number of nitrogens with one attached hydrogen (secondary N) is 1. The van der Waals surface area contributed by atoms with Crippen LogP contribution in [-0.2, 0) is 9.47 Å². The molecule has 1 N–H and O–H groups in total. The first kappa shape index (κ1) is 16.2. The standard InChI is InChI=1S/C17H20N2O5/c1-21-13-5-3-4-12(10-13)14-11-18-16(24-17(20)22-2)15(14)19-6-8-23-9-7-19/h3-5,10-11,18H,6-9H2,1-2H3. The van der Waals surface area contributed by atoms with Crippen LogP contribution in [0.15, 0.2) is 30.5 Å². The van der Waals surface area contributed by atoms with Gasteiger partial charge in [-0.1, -0.05) is 12.1 Å². The maximum Gasteiger partial charge on any atom is 0.514 e. The van der Waals surface area contributed by atoms with E-state index < -0.39 is 6.16 Å². The van der Waals surface area contributed by atoms with Gasteiger partial charge < -0.3 is 28.8 Å². The molecule has 0 radical (unpaired) electrons. The van der Waals surface area contributed by atoms with Gasteiger partial charge in [-0.25, -0.2) is 4.79 Å². The zero-order chi connectivity index (χ0) is 16.9. The predicted octanol–water partition coefficient (Wildman–Crippen LogP) is 2.67. The summed E-state index contributed by atoms with van der Waals surface area (Å²) in [5, 5.41) is 0. The van der Waals surface area contributed by atoms with Crippen molar-refractivity contribution < 1.29 is 23.7 Å². The number of hydrogen-bond donors (Lipinski definition) is 1. The molecule has 3 rings (SSSR count). The van der Waals surface area contributed by atoms with Crippen molar-refractivity contribution >= 4 is 11.8 Å². The van der Waals surface area contributed by atoms with E-state index in [2.05, 4.69) is 14.6 Å². The summed E-state index contributed by atoms with van der Waals surface area (Å²) >= 11 is 0. The Labute approximate surface area is 140 Å². The number of rotatable bonds is 4. The van der Waals surface area contributed by atoms with Crippen LogP contribution >= 0.6 is 0 Å². The molecule has 1 aromatic heterocycles. The highest BCUT2D eigenvalue weighted by atomic mass is 16.7. The Morgan fingerprint density at radius 1 is 1.25 bits per heavy atom. The molecule has 0 spiro atoms. The van der Waals surface area contributed by atoms with E-state index in [-0.39, 0.29) is 0 Å². The molecule has 7 heteroatoms. The Kier molecular flexibility index (Phi) is 4.90. The minimum Gasteiger partial charge on any atom is -0.497 e. The number of methoxy groups -OCH3 is 2. The Bertz CT molecular complexity index is 707. The lowest BCUT2D eigenvalue weighted by Gasteiger charge is -2.29. The van der Waals surface area contributed by atoms with Crippen LogP contribution in [0, 0.1) is 0 Å². The second kappa shape index (κ2) is 7.27. The normalized spacial score (nSPS) is 14.3. The molecule has 0 saturated carbocycles. The Morgan fingerprint density at radius 2 is 2.04 bits per heavy atom. The number of aromatic nitrogens is 1. The lowest BCUT2D eigenvalue weighted by Crippen LogP contribution is -2.36. The van der Waals surface area contributed by atoms with Crippen LogP contribution < -0.4 is 14.4 Å². The molecule has 128 valence electrons. The highest BCUT2D eigenvalue weighted by Gasteiger charge is 2.24. The van der Waals surface area contributed by atoms with Gasteiger partial charge in [0.1, 0.15) is 11.4 Å². The molecular formula is C17H20N2O5. The van der Waals surface area contributed by atoms with Crippen molar-refractivity contribution in [3.63, 3.8) is 0 Å². The topological polar surface area (TPSA) is 73.0 Å². The molecule has 0 atom stereocenters. The van der Waals surface area contributed by atoms with Gasteiger partial charge in [-0.3, -0.25) is 0 Å². The van der Waals surface area contributed by atoms with Gasteiger partial charge in [0, 0.05) is 24.8 Å². The van der Waals surface area contributed by atoms with E-state index in [1.807, 2.05) is 30.5 Å². The molecule has 1 fully saturated rings. The summed E-state index contributed by atoms with van der Waals surface area (Å²) in [6, 6.07) is 7.73. The number of benzene rings is 1. The third kappa shape index (κ3) is 3.30. The fourth-order valence-corrected chi connectivity index (χ4v) is 2.71. The Morgan fingerprint density at radius 3 is 2.75 bits per heavy atom. The van der Waals surface area contributed by atoms with Crippen LogP contribution in [0.5, 0.6) is 11.6 Å². The molecule has 7 nitrogen and oxygen atoms in total. The van der Waals surface area contributed by atoms with Crippen LogP contribution in [-0.4, -0.2) is 51.7 Å². The first-order chi connectivity index (χ1) is 11.7. The lowest BCUT2D eigenvalue weighted by atomic mass is 10.1. The summed E-state index contributed by atoms with van der Waals surface area (Å²) in [6.45, 7) is 2.68. The first-order valence-electron chi connectivity index (χ1n) is 7.67. The number of nitrogens with zero attached hydrogens (tertiary/aromatic N) is 1. The molecule has 0 unspecified atom stereocenters. The van der Waals surface area contributed by atoms with Gasteiger partial charge >= 0.3 is 6.16 Å². The smallest absolute Gasteiger partial charge is 0.497 e. The number of hydrogen-bond acceptors (Lipinski definition) is 6. The molecule has 1 saturated heterocycles. The van der Waals surface area contributed by atoms with Gasteiger partial charge in [-0.15, -0.1) is 0 Å². The van der Waals surface area contributed by atoms with E-state index in [9.17, 15) is 4.79 Å². The van der Waals surface area contributed by atoms with Crippen molar-refractivity contribution in [2.75, 3.05) is 45.4 Å². The van der Waals surface area contributed by atoms with E-state index in [4.69, 9.17) is 14.2 Å². The van der Waals surface area contributed by atoms with Crippen molar-refractivity contribution in [2.24, 2.45) is 0 Å². The number of carbonyl (C=O) groups is 1. The summed E-state index contributed by atoms with van der Waals surface area (Å²) in [7, 11) is 2.91. The molecule has 24 heavy (non-hydrogen) atoms. The van der Waals surface area contributed by atoms with Crippen molar-refractivity contribution in [1.82, 2.24) is 4.98 Å². The number of carbonyl (C=O) groups excluding carboxylic acids is 1. The summed E-state index contributed by atoms with van der Waals surface area (Å²) in [6.07, 6.45) is 1.06. The molecule has 2 aromatic rings. The Balaban J connectivity index is 2.02. The van der Waals surface area contributed by atoms with Gasteiger partial charge in [0.25, 0.3) is 0 Å². The quantitative estimate of drug-likeness (QED) is 0.868. The van der Waals surface area contributed by atoms with Gasteiger partial charge in [0.2, 0.25) is 5.88 Å². The second-order valence-electron chi connectivity index (χ2n) is 5.27. The SMILES string of the molecule is COC(=O)Oc1[nH]cc(-c2cccc(OC)c2)c1N1CCOCC1. The van der Waals surface area contributed by atoms with Gasteiger partial charge in [-0.05, 0) is 17.7 Å². The van der Waals surface area contributed by atoms with Crippen LogP contribution in [0.25, 0.3) is 11.1 Å². The Hall–Kier alpha value is -2.67. The minimum atomic E-state index is -0.761. The maximum atomic E-state index is 11.5. The lowest BCUT2D eigenvalue weighted by molar-refractivity contribution is 0.117. The molecule has 1 aliphatic heterocycles. The number of H-pyrrole nitrogens is 1. The summed E-state index contributed by atoms with van der Waals surface area (Å²) in [5.74, 6) is 1.12. The van der Waals surface area contributed by atoms with Crippen molar-refractivity contribution in [3.8, 4) is 22.8 Å². The van der Waals surface area contributed by atoms with E-state index in [1.54, 1.807) is 7.11 Å². The average molecular weight is 332 g/mol. The summed E-state index contributed by atoms with van der Waals surface area (Å²) in [4.78, 5) is 16.7. The number of aromatic amines is 1. The van der Waals surface area contributed by atoms with Crippen molar-refractivity contribution in [1.29, 1.82) is 0 Å². The van der Waals surface area contributed by atoms with E-state index >= 15 is 0 Å². The average Bonchev–Trinajstić information content (AvgIpc) is 3.05. The molecule has 0 aliphatic carbocycles. The molecule has 1 aromatic carbocycles. The molecular weight excluding hydrogens is 312 g/mol. The third-order valence-corrected chi connectivity index (χ3v) is 3.88. The third-order valence-electron chi connectivity index (χ3n) is 3.88. The van der Waals surface area contributed by atoms with Crippen LogP contribution in [0.2, 0.25) is 0 Å². The summed E-state index contributed by atoms with van der Waals surface area (Å²) in [5.41, 5.74) is 2.71. The fourth-order valence-electron chi connectivity index (χ4n) is 2.71. The van der Waals surface area contributed by atoms with Gasteiger partial charge in [-0.2, -0.15) is 0 Å². The largest absolute Gasteiger partial charge is 0.514 e. The van der Waals surface area contributed by atoms with Crippen molar-refractivity contribution in [2.45, 2.75) is 0 Å². The zero-order valence-electron chi connectivity index (χ0n) is 13.7. The van der Waals surface area contributed by atoms with Crippen molar-refractivity contribution in [3.05, 3.63) is 30.5 Å². The number of anilines is 1. The van der Waals surface area contributed by atoms with Crippen LogP contribution in [0.3, 0.4) is 0 Å².